The van der Waals surface area contributed by atoms with Crippen molar-refractivity contribution in [2.75, 3.05) is 20.3 Å². The highest BCUT2D eigenvalue weighted by molar-refractivity contribution is 5.98. The fraction of sp³-hybridized carbons (Fsp3) is 0.429. The average Bonchev–Trinajstić information content (AvgIpc) is 2.44. The Kier molecular flexibility index (Phi) is 3.57. The lowest BCUT2D eigenvalue weighted by Gasteiger charge is -2.31. The van der Waals surface area contributed by atoms with Crippen LogP contribution in [0.1, 0.15) is 24.2 Å². The second kappa shape index (κ2) is 5.03. The van der Waals surface area contributed by atoms with Crippen LogP contribution in [0.15, 0.2) is 18.2 Å². The number of aliphatic carboxylic acids is 1. The van der Waals surface area contributed by atoms with Gasteiger partial charge in [0.05, 0.1) is 0 Å². The first kappa shape index (κ1) is 14.2. The molecule has 2 rings (SSSR count). The molecular weight excluding hydrogens is 262 g/mol. The van der Waals surface area contributed by atoms with Crippen LogP contribution in [0, 0.1) is 0 Å². The van der Waals surface area contributed by atoms with E-state index >= 15 is 0 Å². The third kappa shape index (κ3) is 2.41. The van der Waals surface area contributed by atoms with Crippen molar-refractivity contribution in [2.45, 2.75) is 19.4 Å². The molecule has 0 aliphatic carbocycles. The Labute approximate surface area is 116 Å². The molecule has 0 fully saturated rings. The fourth-order valence-corrected chi connectivity index (χ4v) is 1.77. The van der Waals surface area contributed by atoms with E-state index in [0.29, 0.717) is 30.3 Å². The molecule has 0 bridgehead atoms. The van der Waals surface area contributed by atoms with Gasteiger partial charge < -0.3 is 19.5 Å². The van der Waals surface area contributed by atoms with E-state index < -0.39 is 11.5 Å². The average molecular weight is 279 g/mol. The summed E-state index contributed by atoms with van der Waals surface area (Å²) in [6.45, 7) is 3.86. The molecule has 0 aromatic heterocycles. The summed E-state index contributed by atoms with van der Waals surface area (Å²) in [5, 5.41) is 9.16. The Bertz CT molecular complexity index is 552. The second-order valence-corrected chi connectivity index (χ2v) is 5.09. The van der Waals surface area contributed by atoms with Gasteiger partial charge in [0.1, 0.15) is 18.8 Å². The summed E-state index contributed by atoms with van der Waals surface area (Å²) in [6, 6.07) is 4.83. The Morgan fingerprint density at radius 1 is 1.20 bits per heavy atom. The number of carbonyl (C=O) groups is 2. The maximum absolute atomic E-state index is 12.3. The lowest BCUT2D eigenvalue weighted by Crippen LogP contribution is -2.50. The zero-order chi connectivity index (χ0) is 14.9. The van der Waals surface area contributed by atoms with Crippen molar-refractivity contribution in [3.05, 3.63) is 23.8 Å². The van der Waals surface area contributed by atoms with E-state index in [1.54, 1.807) is 18.2 Å². The van der Waals surface area contributed by atoms with E-state index in [9.17, 15) is 9.59 Å². The molecule has 1 aliphatic heterocycles. The zero-order valence-electron chi connectivity index (χ0n) is 11.7. The van der Waals surface area contributed by atoms with Gasteiger partial charge in [0, 0.05) is 12.6 Å². The van der Waals surface area contributed by atoms with Crippen LogP contribution in [0.3, 0.4) is 0 Å². The van der Waals surface area contributed by atoms with Gasteiger partial charge in [-0.1, -0.05) is 0 Å². The van der Waals surface area contributed by atoms with Crippen LogP contribution in [0.25, 0.3) is 0 Å². The van der Waals surface area contributed by atoms with Crippen molar-refractivity contribution in [3.63, 3.8) is 0 Å². The highest BCUT2D eigenvalue weighted by Gasteiger charge is 2.35. The first-order valence-corrected chi connectivity index (χ1v) is 6.25. The number of hydrogen-bond donors (Lipinski definition) is 1. The lowest BCUT2D eigenvalue weighted by molar-refractivity contribution is -0.147. The van der Waals surface area contributed by atoms with Gasteiger partial charge in [-0.05, 0) is 32.0 Å². The SMILES string of the molecule is CN(C(=O)c1ccc2c(c1)OCCO2)C(C)(C)C(=O)O. The maximum Gasteiger partial charge on any atom is 0.329 e. The number of carboxylic acid groups (broad SMARTS) is 1. The summed E-state index contributed by atoms with van der Waals surface area (Å²) in [7, 11) is 1.47. The predicted octanol–water partition coefficient (Wildman–Crippen LogP) is 1.39. The van der Waals surface area contributed by atoms with Gasteiger partial charge in [0.15, 0.2) is 11.5 Å². The maximum atomic E-state index is 12.3. The highest BCUT2D eigenvalue weighted by atomic mass is 16.6. The molecule has 20 heavy (non-hydrogen) atoms. The van der Waals surface area contributed by atoms with Crippen molar-refractivity contribution in [1.82, 2.24) is 4.90 Å². The summed E-state index contributed by atoms with van der Waals surface area (Å²) >= 11 is 0. The molecule has 0 unspecified atom stereocenters. The largest absolute Gasteiger partial charge is 0.486 e. The molecule has 1 aromatic rings. The molecular formula is C14H17NO5. The third-order valence-corrected chi connectivity index (χ3v) is 3.46. The number of rotatable bonds is 3. The van der Waals surface area contributed by atoms with E-state index in [1.807, 2.05) is 0 Å². The van der Waals surface area contributed by atoms with Gasteiger partial charge in [-0.2, -0.15) is 0 Å². The minimum absolute atomic E-state index is 0.367. The van der Waals surface area contributed by atoms with Crippen molar-refractivity contribution in [2.24, 2.45) is 0 Å². The minimum atomic E-state index is -1.29. The first-order valence-electron chi connectivity index (χ1n) is 6.25. The van der Waals surface area contributed by atoms with Crippen molar-refractivity contribution >= 4 is 11.9 Å². The van der Waals surface area contributed by atoms with Crippen molar-refractivity contribution < 1.29 is 24.2 Å². The van der Waals surface area contributed by atoms with Crippen molar-refractivity contribution in [1.29, 1.82) is 0 Å². The number of benzene rings is 1. The van der Waals surface area contributed by atoms with E-state index in [0.717, 1.165) is 0 Å². The Balaban J connectivity index is 2.27. The van der Waals surface area contributed by atoms with Crippen LogP contribution in [0.2, 0.25) is 0 Å². The zero-order valence-corrected chi connectivity index (χ0v) is 11.7. The topological polar surface area (TPSA) is 76.1 Å². The van der Waals surface area contributed by atoms with Gasteiger partial charge in [-0.15, -0.1) is 0 Å². The number of ether oxygens (including phenoxy) is 2. The monoisotopic (exact) mass is 279 g/mol. The molecule has 1 N–H and O–H groups in total. The Hall–Kier alpha value is -2.24. The quantitative estimate of drug-likeness (QED) is 0.905. The molecule has 0 radical (unpaired) electrons. The van der Waals surface area contributed by atoms with Crippen LogP contribution < -0.4 is 9.47 Å². The Morgan fingerprint density at radius 2 is 1.80 bits per heavy atom. The Morgan fingerprint density at radius 3 is 2.40 bits per heavy atom. The van der Waals surface area contributed by atoms with Crippen LogP contribution >= 0.6 is 0 Å². The standard InChI is InChI=1S/C14H17NO5/c1-14(2,13(17)18)15(3)12(16)9-4-5-10-11(8-9)20-7-6-19-10/h4-5,8H,6-7H2,1-3H3,(H,17,18). The summed E-state index contributed by atoms with van der Waals surface area (Å²) < 4.78 is 10.8. The summed E-state index contributed by atoms with van der Waals surface area (Å²) in [5.74, 6) is -0.350. The molecule has 0 saturated carbocycles. The summed E-state index contributed by atoms with van der Waals surface area (Å²) in [5.41, 5.74) is -0.921. The molecule has 6 heteroatoms. The molecule has 0 spiro atoms. The predicted molar refractivity (Wildman–Crippen MR) is 71.2 cm³/mol. The van der Waals surface area contributed by atoms with Gasteiger partial charge >= 0.3 is 5.97 Å². The van der Waals surface area contributed by atoms with Crippen LogP contribution in [0.4, 0.5) is 0 Å². The van der Waals surface area contributed by atoms with Gasteiger partial charge in [-0.25, -0.2) is 4.79 Å². The lowest BCUT2D eigenvalue weighted by atomic mass is 10.0. The van der Waals surface area contributed by atoms with E-state index in [-0.39, 0.29) is 5.91 Å². The molecule has 1 heterocycles. The highest BCUT2D eigenvalue weighted by Crippen LogP contribution is 2.31. The molecule has 6 nitrogen and oxygen atoms in total. The molecule has 1 amide bonds. The van der Waals surface area contributed by atoms with Gasteiger partial charge in [-0.3, -0.25) is 4.79 Å². The number of hydrogen-bond acceptors (Lipinski definition) is 4. The smallest absolute Gasteiger partial charge is 0.329 e. The van der Waals surface area contributed by atoms with Crippen LogP contribution in [-0.2, 0) is 4.79 Å². The van der Waals surface area contributed by atoms with Crippen LogP contribution in [-0.4, -0.2) is 47.7 Å². The van der Waals surface area contributed by atoms with Crippen molar-refractivity contribution in [3.8, 4) is 11.5 Å². The van der Waals surface area contributed by atoms with Crippen LogP contribution in [0.5, 0.6) is 11.5 Å². The summed E-state index contributed by atoms with van der Waals surface area (Å²) in [6.07, 6.45) is 0. The number of nitrogens with zero attached hydrogens (tertiary/aromatic N) is 1. The second-order valence-electron chi connectivity index (χ2n) is 5.09. The normalized spacial score (nSPS) is 13.8. The fourth-order valence-electron chi connectivity index (χ4n) is 1.77. The van der Waals surface area contributed by atoms with Gasteiger partial charge in [0.2, 0.25) is 0 Å². The number of amides is 1. The number of carbonyl (C=O) groups excluding carboxylic acids is 1. The molecule has 1 aliphatic rings. The number of fused-ring (bicyclic) bond motifs is 1. The van der Waals surface area contributed by atoms with E-state index in [4.69, 9.17) is 14.6 Å². The van der Waals surface area contributed by atoms with E-state index in [2.05, 4.69) is 0 Å². The molecule has 0 saturated heterocycles. The third-order valence-electron chi connectivity index (χ3n) is 3.46. The molecule has 0 atom stereocenters. The first-order chi connectivity index (χ1) is 9.34. The minimum Gasteiger partial charge on any atom is -0.486 e. The molecule has 108 valence electrons. The van der Waals surface area contributed by atoms with Gasteiger partial charge in [0.25, 0.3) is 5.91 Å². The molecule has 1 aromatic carbocycles. The number of carboxylic acids is 1. The summed E-state index contributed by atoms with van der Waals surface area (Å²) in [4.78, 5) is 24.7. The number of likely N-dealkylation sites (N-methyl/N-ethyl adjacent to an activating group) is 1. The van der Waals surface area contributed by atoms with E-state index in [1.165, 1.54) is 25.8 Å².